The molecule has 0 bridgehead atoms. The molecule has 27 heavy (non-hydrogen) atoms. The first-order chi connectivity index (χ1) is 13.3. The third kappa shape index (κ3) is 4.21. The van der Waals surface area contributed by atoms with E-state index in [0.717, 1.165) is 11.1 Å². The number of hydrogen-bond donors (Lipinski definition) is 1. The highest BCUT2D eigenvalue weighted by atomic mass is 32.2. The van der Waals surface area contributed by atoms with E-state index in [4.69, 9.17) is 18.9 Å². The van der Waals surface area contributed by atoms with Crippen LogP contribution in [0, 0.1) is 0 Å². The Balaban J connectivity index is 1.51. The first kappa shape index (κ1) is 18.9. The predicted octanol–water partition coefficient (Wildman–Crippen LogP) is 3.13. The van der Waals surface area contributed by atoms with Crippen LogP contribution in [0.2, 0.25) is 0 Å². The van der Waals surface area contributed by atoms with E-state index in [-0.39, 0.29) is 11.5 Å². The maximum atomic E-state index is 10.8. The monoisotopic (exact) mass is 388 g/mol. The highest BCUT2D eigenvalue weighted by molar-refractivity contribution is 7.99. The van der Waals surface area contributed by atoms with Crippen molar-refractivity contribution in [3.05, 3.63) is 71.8 Å². The van der Waals surface area contributed by atoms with Gasteiger partial charge in [0.05, 0.1) is 13.2 Å². The van der Waals surface area contributed by atoms with Crippen molar-refractivity contribution in [2.75, 3.05) is 12.9 Å². The minimum atomic E-state index is -0.778. The number of benzene rings is 2. The third-order valence-electron chi connectivity index (χ3n) is 4.90. The highest BCUT2D eigenvalue weighted by Gasteiger charge is 2.49. The molecular formula is C21H24O5S. The maximum Gasteiger partial charge on any atom is 0.184 e. The number of rotatable bonds is 5. The lowest BCUT2D eigenvalue weighted by atomic mass is 9.98. The summed E-state index contributed by atoms with van der Waals surface area (Å²) in [4.78, 5) is 0. The van der Waals surface area contributed by atoms with Crippen LogP contribution in [-0.4, -0.2) is 47.8 Å². The molecule has 144 valence electrons. The van der Waals surface area contributed by atoms with Crippen molar-refractivity contribution >= 4 is 11.8 Å². The second-order valence-electron chi connectivity index (χ2n) is 6.71. The van der Waals surface area contributed by atoms with Crippen molar-refractivity contribution in [2.45, 2.75) is 42.7 Å². The van der Waals surface area contributed by atoms with Crippen molar-refractivity contribution < 1.29 is 24.1 Å². The summed E-state index contributed by atoms with van der Waals surface area (Å²) >= 11 is 1.47. The molecule has 0 radical (unpaired) electrons. The van der Waals surface area contributed by atoms with E-state index in [0.29, 0.717) is 13.2 Å². The van der Waals surface area contributed by atoms with Crippen LogP contribution in [0.25, 0.3) is 0 Å². The minimum Gasteiger partial charge on any atom is -0.387 e. The standard InChI is InChI=1S/C21H24O5S/c1-27-21-17(22)19(23-12-14-8-4-2-5-9-14)18-16(25-21)13-24-20(26-18)15-10-6-3-7-11-15/h2-11,16-22H,12-13H2,1H3/t16-,17-,18-,19-,20-,21+/m1/s1. The number of aliphatic hydroxyl groups excluding tert-OH is 1. The van der Waals surface area contributed by atoms with Gasteiger partial charge in [-0.2, -0.15) is 0 Å². The van der Waals surface area contributed by atoms with Crippen LogP contribution in [0.3, 0.4) is 0 Å². The maximum absolute atomic E-state index is 10.8. The molecule has 0 amide bonds. The predicted molar refractivity (Wildman–Crippen MR) is 103 cm³/mol. The van der Waals surface area contributed by atoms with Crippen molar-refractivity contribution in [1.29, 1.82) is 0 Å². The van der Waals surface area contributed by atoms with Crippen LogP contribution in [0.15, 0.2) is 60.7 Å². The Morgan fingerprint density at radius 2 is 1.74 bits per heavy atom. The van der Waals surface area contributed by atoms with Gasteiger partial charge in [-0.25, -0.2) is 0 Å². The molecule has 2 fully saturated rings. The first-order valence-electron chi connectivity index (χ1n) is 9.10. The van der Waals surface area contributed by atoms with Gasteiger partial charge in [-0.3, -0.25) is 0 Å². The Morgan fingerprint density at radius 1 is 1.04 bits per heavy atom. The normalized spacial score (nSPS) is 33.4. The summed E-state index contributed by atoms with van der Waals surface area (Å²) in [5.74, 6) is 0. The summed E-state index contributed by atoms with van der Waals surface area (Å²) < 4.78 is 24.2. The Hall–Kier alpha value is -1.41. The molecule has 2 aromatic rings. The van der Waals surface area contributed by atoms with Gasteiger partial charge >= 0.3 is 0 Å². The lowest BCUT2D eigenvalue weighted by Gasteiger charge is -2.47. The van der Waals surface area contributed by atoms with Crippen molar-refractivity contribution in [3.8, 4) is 0 Å². The Morgan fingerprint density at radius 3 is 2.44 bits per heavy atom. The minimum absolute atomic E-state index is 0.272. The molecule has 6 heteroatoms. The molecule has 0 aliphatic carbocycles. The second kappa shape index (κ2) is 8.73. The molecule has 2 saturated heterocycles. The van der Waals surface area contributed by atoms with Crippen LogP contribution in [0.4, 0.5) is 0 Å². The Labute approximate surface area is 163 Å². The van der Waals surface area contributed by atoms with Gasteiger partial charge in [0, 0.05) is 5.56 Å². The number of fused-ring (bicyclic) bond motifs is 1. The van der Waals surface area contributed by atoms with Crippen LogP contribution in [0.5, 0.6) is 0 Å². The first-order valence-corrected chi connectivity index (χ1v) is 10.4. The smallest absolute Gasteiger partial charge is 0.184 e. The number of ether oxygens (including phenoxy) is 4. The van der Waals surface area contributed by atoms with Gasteiger partial charge in [0.1, 0.15) is 29.9 Å². The summed E-state index contributed by atoms with van der Waals surface area (Å²) in [5, 5.41) is 10.8. The lowest BCUT2D eigenvalue weighted by molar-refractivity contribution is -0.325. The van der Waals surface area contributed by atoms with Gasteiger partial charge < -0.3 is 24.1 Å². The topological polar surface area (TPSA) is 57.2 Å². The second-order valence-corrected chi connectivity index (χ2v) is 7.64. The van der Waals surface area contributed by atoms with Gasteiger partial charge in [0.15, 0.2) is 6.29 Å². The SMILES string of the molecule is CS[C@@H]1O[C@@H]2CO[C@@H](c3ccccc3)O[C@H]2[C@H](OCc2ccccc2)[C@H]1O. The highest BCUT2D eigenvalue weighted by Crippen LogP contribution is 2.37. The van der Waals surface area contributed by atoms with Gasteiger partial charge in [0.25, 0.3) is 0 Å². The fourth-order valence-electron chi connectivity index (χ4n) is 3.49. The van der Waals surface area contributed by atoms with Gasteiger partial charge in [-0.15, -0.1) is 11.8 Å². The van der Waals surface area contributed by atoms with E-state index in [1.807, 2.05) is 66.9 Å². The molecule has 2 aliphatic rings. The van der Waals surface area contributed by atoms with E-state index in [1.54, 1.807) is 0 Å². The van der Waals surface area contributed by atoms with Gasteiger partial charge in [0.2, 0.25) is 0 Å². The summed E-state index contributed by atoms with van der Waals surface area (Å²) in [6, 6.07) is 19.7. The van der Waals surface area contributed by atoms with E-state index in [1.165, 1.54) is 11.8 Å². The van der Waals surface area contributed by atoms with E-state index in [2.05, 4.69) is 0 Å². The molecule has 1 N–H and O–H groups in total. The lowest BCUT2D eigenvalue weighted by Crippen LogP contribution is -2.61. The molecule has 2 aliphatic heterocycles. The van der Waals surface area contributed by atoms with Crippen LogP contribution < -0.4 is 0 Å². The molecule has 0 unspecified atom stereocenters. The Bertz CT molecular complexity index is 713. The molecule has 2 heterocycles. The average molecular weight is 388 g/mol. The van der Waals surface area contributed by atoms with Crippen LogP contribution >= 0.6 is 11.8 Å². The zero-order valence-corrected chi connectivity index (χ0v) is 16.0. The molecular weight excluding hydrogens is 364 g/mol. The molecule has 4 rings (SSSR count). The summed E-state index contributed by atoms with van der Waals surface area (Å²) in [7, 11) is 0. The number of thioether (sulfide) groups is 1. The molecule has 0 spiro atoms. The zero-order chi connectivity index (χ0) is 18.6. The number of aliphatic hydroxyl groups is 1. The van der Waals surface area contributed by atoms with E-state index < -0.39 is 24.6 Å². The van der Waals surface area contributed by atoms with Gasteiger partial charge in [-0.05, 0) is 11.8 Å². The largest absolute Gasteiger partial charge is 0.387 e. The summed E-state index contributed by atoms with van der Waals surface area (Å²) in [5.41, 5.74) is 1.63. The fraction of sp³-hybridized carbons (Fsp3) is 0.429. The fourth-order valence-corrected chi connectivity index (χ4v) is 4.18. The Kier molecular flexibility index (Phi) is 6.12. The molecule has 2 aromatic carbocycles. The van der Waals surface area contributed by atoms with E-state index in [9.17, 15) is 5.11 Å². The van der Waals surface area contributed by atoms with Crippen molar-refractivity contribution in [2.24, 2.45) is 0 Å². The molecule has 6 atom stereocenters. The van der Waals surface area contributed by atoms with Crippen molar-refractivity contribution in [3.63, 3.8) is 0 Å². The average Bonchev–Trinajstić information content (AvgIpc) is 2.74. The van der Waals surface area contributed by atoms with Gasteiger partial charge in [-0.1, -0.05) is 60.7 Å². The van der Waals surface area contributed by atoms with Crippen LogP contribution in [-0.2, 0) is 25.6 Å². The van der Waals surface area contributed by atoms with Crippen molar-refractivity contribution in [1.82, 2.24) is 0 Å². The zero-order valence-electron chi connectivity index (χ0n) is 15.1. The molecule has 0 aromatic heterocycles. The van der Waals surface area contributed by atoms with Crippen LogP contribution in [0.1, 0.15) is 17.4 Å². The summed E-state index contributed by atoms with van der Waals surface area (Å²) in [6.45, 7) is 0.812. The molecule has 0 saturated carbocycles. The molecule has 5 nitrogen and oxygen atoms in total. The number of hydrogen-bond acceptors (Lipinski definition) is 6. The third-order valence-corrected chi connectivity index (χ3v) is 5.75. The summed E-state index contributed by atoms with van der Waals surface area (Å²) in [6.07, 6.45) is -0.509. The quantitative estimate of drug-likeness (QED) is 0.849. The van der Waals surface area contributed by atoms with E-state index >= 15 is 0 Å².